The third-order valence-electron chi connectivity index (χ3n) is 1.67. The molecule has 0 unspecified atom stereocenters. The van der Waals surface area contributed by atoms with Crippen molar-refractivity contribution < 1.29 is 27.6 Å². The van der Waals surface area contributed by atoms with E-state index in [-0.39, 0.29) is 6.29 Å². The van der Waals surface area contributed by atoms with Crippen LogP contribution in [0.4, 0.5) is 13.2 Å². The number of carbonyl (C=O) groups is 2. The molecule has 92 valence electrons. The summed E-state index contributed by atoms with van der Waals surface area (Å²) >= 11 is 0. The lowest BCUT2D eigenvalue weighted by atomic mass is 10.1. The lowest BCUT2D eigenvalue weighted by Gasteiger charge is -2.15. The minimum absolute atomic E-state index is 0.0930. The molecule has 16 heavy (non-hydrogen) atoms. The van der Waals surface area contributed by atoms with Crippen molar-refractivity contribution in [2.24, 2.45) is 5.73 Å². The quantitative estimate of drug-likeness (QED) is 0.437. The molecule has 0 aromatic rings. The van der Waals surface area contributed by atoms with E-state index in [1.54, 1.807) is 0 Å². The first-order valence-electron chi connectivity index (χ1n) is 4.05. The predicted octanol–water partition coefficient (Wildman–Crippen LogP) is 0.370. The van der Waals surface area contributed by atoms with Gasteiger partial charge in [-0.1, -0.05) is 0 Å². The number of carbonyl (C=O) groups excluding carboxylic acids is 2. The Bertz CT molecular complexity index is 312. The number of likely N-dealkylation sites (N-methyl/N-ethyl adjacent to an activating group) is 1. The molecule has 0 fully saturated rings. The Morgan fingerprint density at radius 2 is 2.00 bits per heavy atom. The summed E-state index contributed by atoms with van der Waals surface area (Å²) in [6, 6.07) is 0. The minimum Gasteiger partial charge on any atom is -0.394 e. The van der Waals surface area contributed by atoms with Crippen LogP contribution in [0.2, 0.25) is 0 Å². The molecule has 0 saturated heterocycles. The topological polar surface area (TPSA) is 72.6 Å². The maximum Gasteiger partial charge on any atom is 0.393 e. The highest BCUT2D eigenvalue weighted by Gasteiger charge is 2.31. The van der Waals surface area contributed by atoms with Gasteiger partial charge in [-0.15, -0.1) is 0 Å². The van der Waals surface area contributed by atoms with Crippen LogP contribution in [0.25, 0.3) is 0 Å². The normalized spacial score (nSPS) is 13.1. The van der Waals surface area contributed by atoms with Crippen LogP contribution in [-0.4, -0.2) is 37.6 Å². The van der Waals surface area contributed by atoms with Gasteiger partial charge in [0, 0.05) is 12.6 Å². The summed E-state index contributed by atoms with van der Waals surface area (Å²) in [6.07, 6.45) is -6.25. The van der Waals surface area contributed by atoms with E-state index in [1.165, 1.54) is 0 Å². The van der Waals surface area contributed by atoms with Crippen LogP contribution in [0.3, 0.4) is 0 Å². The summed E-state index contributed by atoms with van der Waals surface area (Å²) in [5, 5.41) is 0.620. The Kier molecular flexibility index (Phi) is 4.96. The van der Waals surface area contributed by atoms with Gasteiger partial charge >= 0.3 is 6.18 Å². The standard InChI is InChI=1S/C8H11F3N2O3/c1-13(16-2)7(15)6(12)5(4-14)3-8(9,10)11/h4H,3,12H2,1-2H3/b6-5-. The van der Waals surface area contributed by atoms with E-state index >= 15 is 0 Å². The van der Waals surface area contributed by atoms with E-state index in [0.29, 0.717) is 5.06 Å². The Morgan fingerprint density at radius 1 is 1.50 bits per heavy atom. The fourth-order valence-corrected chi connectivity index (χ4v) is 0.806. The molecule has 0 bridgehead atoms. The van der Waals surface area contributed by atoms with Gasteiger partial charge in [0.05, 0.1) is 13.5 Å². The first-order valence-corrected chi connectivity index (χ1v) is 4.05. The summed E-state index contributed by atoms with van der Waals surface area (Å²) in [6.45, 7) is 0. The van der Waals surface area contributed by atoms with Gasteiger partial charge in [0.25, 0.3) is 5.91 Å². The largest absolute Gasteiger partial charge is 0.394 e. The molecular formula is C8H11F3N2O3. The van der Waals surface area contributed by atoms with Crippen molar-refractivity contribution in [3.8, 4) is 0 Å². The van der Waals surface area contributed by atoms with Crippen molar-refractivity contribution >= 4 is 12.2 Å². The molecule has 0 aliphatic heterocycles. The number of aldehydes is 1. The number of halogens is 3. The van der Waals surface area contributed by atoms with Crippen LogP contribution in [-0.2, 0) is 14.4 Å². The lowest BCUT2D eigenvalue weighted by molar-refractivity contribution is -0.164. The van der Waals surface area contributed by atoms with Crippen molar-refractivity contribution in [2.45, 2.75) is 12.6 Å². The summed E-state index contributed by atoms with van der Waals surface area (Å²) in [5.41, 5.74) is 3.53. The molecule has 0 spiro atoms. The Labute approximate surface area is 89.6 Å². The molecule has 0 aliphatic carbocycles. The molecule has 8 heteroatoms. The van der Waals surface area contributed by atoms with Crippen LogP contribution in [0.1, 0.15) is 6.42 Å². The highest BCUT2D eigenvalue weighted by Crippen LogP contribution is 2.24. The fourth-order valence-electron chi connectivity index (χ4n) is 0.806. The number of rotatable bonds is 4. The molecule has 0 rings (SSSR count). The van der Waals surface area contributed by atoms with Gasteiger partial charge in [0.2, 0.25) is 0 Å². The zero-order chi connectivity index (χ0) is 12.9. The second-order valence-corrected chi connectivity index (χ2v) is 2.83. The van der Waals surface area contributed by atoms with Crippen molar-refractivity contribution in [1.82, 2.24) is 5.06 Å². The predicted molar refractivity (Wildman–Crippen MR) is 47.7 cm³/mol. The molecule has 2 N–H and O–H groups in total. The highest BCUT2D eigenvalue weighted by molar-refractivity contribution is 5.97. The molecule has 0 aliphatic rings. The van der Waals surface area contributed by atoms with Crippen molar-refractivity contribution in [1.29, 1.82) is 0 Å². The van der Waals surface area contributed by atoms with Gasteiger partial charge in [0.1, 0.15) is 12.0 Å². The van der Waals surface area contributed by atoms with Gasteiger partial charge < -0.3 is 5.73 Å². The van der Waals surface area contributed by atoms with Gasteiger partial charge in [-0.25, -0.2) is 5.06 Å². The summed E-state index contributed by atoms with van der Waals surface area (Å²) in [4.78, 5) is 26.1. The monoisotopic (exact) mass is 240 g/mol. The first kappa shape index (κ1) is 14.4. The van der Waals surface area contributed by atoms with E-state index in [1.807, 2.05) is 0 Å². The van der Waals surface area contributed by atoms with E-state index < -0.39 is 29.8 Å². The van der Waals surface area contributed by atoms with Gasteiger partial charge in [0.15, 0.2) is 0 Å². The van der Waals surface area contributed by atoms with Gasteiger partial charge in [-0.3, -0.25) is 14.4 Å². The van der Waals surface area contributed by atoms with E-state index in [9.17, 15) is 22.8 Å². The third-order valence-corrected chi connectivity index (χ3v) is 1.67. The number of allylic oxidation sites excluding steroid dienone is 1. The lowest BCUT2D eigenvalue weighted by Crippen LogP contribution is -2.32. The number of alkyl halides is 3. The van der Waals surface area contributed by atoms with E-state index in [0.717, 1.165) is 14.2 Å². The second-order valence-electron chi connectivity index (χ2n) is 2.83. The molecule has 0 aromatic heterocycles. The molecule has 0 atom stereocenters. The maximum atomic E-state index is 12.0. The molecule has 0 aromatic carbocycles. The highest BCUT2D eigenvalue weighted by atomic mass is 19.4. The number of amides is 1. The van der Waals surface area contributed by atoms with Crippen LogP contribution in [0.15, 0.2) is 11.3 Å². The molecule has 0 saturated carbocycles. The number of nitrogens with two attached hydrogens (primary N) is 1. The SMILES string of the molecule is CON(C)C(=O)/C(N)=C(/C=O)CC(F)(F)F. The van der Waals surface area contributed by atoms with Crippen molar-refractivity contribution in [3.05, 3.63) is 11.3 Å². The smallest absolute Gasteiger partial charge is 0.393 e. The molecule has 0 heterocycles. The summed E-state index contributed by atoms with van der Waals surface area (Å²) < 4.78 is 36.0. The Morgan fingerprint density at radius 3 is 2.31 bits per heavy atom. The number of hydroxylamine groups is 2. The number of hydrogen-bond acceptors (Lipinski definition) is 4. The Balaban J connectivity index is 5.02. The van der Waals surface area contributed by atoms with Crippen LogP contribution >= 0.6 is 0 Å². The molecule has 5 nitrogen and oxygen atoms in total. The molecule has 0 radical (unpaired) electrons. The maximum absolute atomic E-state index is 12.0. The van der Waals surface area contributed by atoms with E-state index in [4.69, 9.17) is 5.73 Å². The zero-order valence-electron chi connectivity index (χ0n) is 8.67. The van der Waals surface area contributed by atoms with Crippen molar-refractivity contribution in [3.63, 3.8) is 0 Å². The van der Waals surface area contributed by atoms with Gasteiger partial charge in [-0.05, 0) is 0 Å². The average molecular weight is 240 g/mol. The number of hydrogen-bond donors (Lipinski definition) is 1. The van der Waals surface area contributed by atoms with E-state index in [2.05, 4.69) is 4.84 Å². The fraction of sp³-hybridized carbons (Fsp3) is 0.500. The van der Waals surface area contributed by atoms with Gasteiger partial charge in [-0.2, -0.15) is 13.2 Å². The van der Waals surface area contributed by atoms with Crippen LogP contribution < -0.4 is 5.73 Å². The first-order chi connectivity index (χ1) is 7.22. The second kappa shape index (κ2) is 5.50. The minimum atomic E-state index is -4.60. The van der Waals surface area contributed by atoms with Crippen molar-refractivity contribution in [2.75, 3.05) is 14.2 Å². The zero-order valence-corrected chi connectivity index (χ0v) is 8.67. The van der Waals surface area contributed by atoms with Crippen LogP contribution in [0, 0.1) is 0 Å². The average Bonchev–Trinajstić information content (AvgIpc) is 2.21. The Hall–Kier alpha value is -1.57. The third kappa shape index (κ3) is 4.30. The van der Waals surface area contributed by atoms with Crippen LogP contribution in [0.5, 0.6) is 0 Å². The summed E-state index contributed by atoms with van der Waals surface area (Å²) in [5.74, 6) is -1.01. The molecular weight excluding hydrogens is 229 g/mol. The summed E-state index contributed by atoms with van der Waals surface area (Å²) in [7, 11) is 2.29. The number of nitrogens with zero attached hydrogens (tertiary/aromatic N) is 1. The molecule has 1 amide bonds.